The van der Waals surface area contributed by atoms with Crippen molar-refractivity contribution in [3.8, 4) is 0 Å². The summed E-state index contributed by atoms with van der Waals surface area (Å²) in [5.74, 6) is -1.28. The van der Waals surface area contributed by atoms with Gasteiger partial charge in [0.15, 0.2) is 0 Å². The molecular formula is C13H13BrF3NO2. The minimum atomic E-state index is -4.38. The largest absolute Gasteiger partial charge is 0.481 e. The molecule has 7 heteroatoms. The Morgan fingerprint density at radius 2 is 2.10 bits per heavy atom. The molecule has 0 saturated carbocycles. The highest BCUT2D eigenvalue weighted by molar-refractivity contribution is 9.10. The molecule has 1 heterocycles. The monoisotopic (exact) mass is 351 g/mol. The summed E-state index contributed by atoms with van der Waals surface area (Å²) in [6, 6.07) is 3.77. The molecule has 1 saturated heterocycles. The fourth-order valence-electron chi connectivity index (χ4n) is 2.34. The molecule has 0 aromatic heterocycles. The molecule has 110 valence electrons. The van der Waals surface area contributed by atoms with Crippen molar-refractivity contribution in [3.63, 3.8) is 0 Å². The molecule has 1 N–H and O–H groups in total. The zero-order valence-corrected chi connectivity index (χ0v) is 12.0. The van der Waals surface area contributed by atoms with Crippen LogP contribution in [0.15, 0.2) is 22.7 Å². The van der Waals surface area contributed by atoms with E-state index in [0.717, 1.165) is 12.1 Å². The molecule has 0 bridgehead atoms. The van der Waals surface area contributed by atoms with Crippen LogP contribution < -0.4 is 0 Å². The highest BCUT2D eigenvalue weighted by atomic mass is 79.9. The van der Waals surface area contributed by atoms with E-state index in [1.165, 1.54) is 0 Å². The highest BCUT2D eigenvalue weighted by Gasteiger charge is 2.32. The Labute approximate surface area is 122 Å². The lowest BCUT2D eigenvalue weighted by molar-refractivity contribution is -0.141. The maximum atomic E-state index is 12.7. The van der Waals surface area contributed by atoms with Crippen molar-refractivity contribution < 1.29 is 23.1 Å². The van der Waals surface area contributed by atoms with Crippen LogP contribution in [0.3, 0.4) is 0 Å². The number of hydrogen-bond acceptors (Lipinski definition) is 2. The summed E-state index contributed by atoms with van der Waals surface area (Å²) in [5.41, 5.74) is -0.173. The second-order valence-electron chi connectivity index (χ2n) is 4.90. The zero-order chi connectivity index (χ0) is 14.9. The fourth-order valence-corrected chi connectivity index (χ4v) is 2.88. The molecule has 1 aromatic carbocycles. The van der Waals surface area contributed by atoms with Crippen LogP contribution in [-0.2, 0) is 17.5 Å². The average Bonchev–Trinajstić information content (AvgIpc) is 2.75. The van der Waals surface area contributed by atoms with E-state index < -0.39 is 23.6 Å². The van der Waals surface area contributed by atoms with E-state index >= 15 is 0 Å². The maximum Gasteiger partial charge on any atom is 0.416 e. The number of carboxylic acid groups (broad SMARTS) is 1. The minimum absolute atomic E-state index is 0.326. The second-order valence-corrected chi connectivity index (χ2v) is 5.82. The number of likely N-dealkylation sites (tertiary alicyclic amines) is 1. The van der Waals surface area contributed by atoms with Gasteiger partial charge in [-0.2, -0.15) is 13.2 Å². The lowest BCUT2D eigenvalue weighted by Gasteiger charge is -2.17. The van der Waals surface area contributed by atoms with E-state index in [2.05, 4.69) is 15.9 Å². The predicted molar refractivity (Wildman–Crippen MR) is 70.2 cm³/mol. The molecule has 0 radical (unpaired) electrons. The summed E-state index contributed by atoms with van der Waals surface area (Å²) in [6.45, 7) is 1.29. The van der Waals surface area contributed by atoms with Gasteiger partial charge in [-0.05, 0) is 36.7 Å². The van der Waals surface area contributed by atoms with Crippen molar-refractivity contribution in [3.05, 3.63) is 33.8 Å². The van der Waals surface area contributed by atoms with E-state index in [0.29, 0.717) is 36.1 Å². The van der Waals surface area contributed by atoms with Crippen molar-refractivity contribution in [2.24, 2.45) is 5.92 Å². The number of carbonyl (C=O) groups is 1. The molecule has 1 aliphatic heterocycles. The molecule has 1 atom stereocenters. The van der Waals surface area contributed by atoms with Gasteiger partial charge >= 0.3 is 12.1 Å². The van der Waals surface area contributed by atoms with Crippen LogP contribution in [0.25, 0.3) is 0 Å². The summed E-state index contributed by atoms with van der Waals surface area (Å²) in [6.07, 6.45) is -3.84. The molecular weight excluding hydrogens is 339 g/mol. The summed E-state index contributed by atoms with van der Waals surface area (Å²) in [5, 5.41) is 8.91. The maximum absolute atomic E-state index is 12.7. The SMILES string of the molecule is O=C(O)C1CCN(Cc2cc(Br)cc(C(F)(F)F)c2)C1. The zero-order valence-electron chi connectivity index (χ0n) is 10.5. The quantitative estimate of drug-likeness (QED) is 0.907. The van der Waals surface area contributed by atoms with Crippen molar-refractivity contribution in [1.82, 2.24) is 4.90 Å². The van der Waals surface area contributed by atoms with Crippen LogP contribution in [0.2, 0.25) is 0 Å². The Bertz CT molecular complexity index is 519. The van der Waals surface area contributed by atoms with Gasteiger partial charge in [-0.15, -0.1) is 0 Å². The molecule has 1 fully saturated rings. The van der Waals surface area contributed by atoms with Gasteiger partial charge in [0.2, 0.25) is 0 Å². The van der Waals surface area contributed by atoms with Gasteiger partial charge in [-0.25, -0.2) is 0 Å². The van der Waals surface area contributed by atoms with Crippen molar-refractivity contribution >= 4 is 21.9 Å². The summed E-state index contributed by atoms with van der Waals surface area (Å²) in [7, 11) is 0. The number of aliphatic carboxylic acids is 1. The Balaban J connectivity index is 2.11. The predicted octanol–water partition coefficient (Wildman–Crippen LogP) is 3.37. The first-order valence-corrected chi connectivity index (χ1v) is 6.87. The third kappa shape index (κ3) is 3.73. The van der Waals surface area contributed by atoms with Crippen LogP contribution in [0, 0.1) is 5.92 Å². The van der Waals surface area contributed by atoms with Gasteiger partial charge in [-0.3, -0.25) is 9.69 Å². The molecule has 20 heavy (non-hydrogen) atoms. The van der Waals surface area contributed by atoms with Gasteiger partial charge in [0.1, 0.15) is 0 Å². The van der Waals surface area contributed by atoms with Crippen LogP contribution in [0.4, 0.5) is 13.2 Å². The Morgan fingerprint density at radius 1 is 1.40 bits per heavy atom. The van der Waals surface area contributed by atoms with Crippen molar-refractivity contribution in [1.29, 1.82) is 0 Å². The smallest absolute Gasteiger partial charge is 0.416 e. The highest BCUT2D eigenvalue weighted by Crippen LogP contribution is 2.32. The van der Waals surface area contributed by atoms with Gasteiger partial charge < -0.3 is 5.11 Å². The normalized spacial score (nSPS) is 20.3. The lowest BCUT2D eigenvalue weighted by Crippen LogP contribution is -2.23. The van der Waals surface area contributed by atoms with Gasteiger partial charge in [0.05, 0.1) is 11.5 Å². The van der Waals surface area contributed by atoms with E-state index in [1.807, 2.05) is 4.90 Å². The summed E-state index contributed by atoms with van der Waals surface area (Å²) >= 11 is 3.08. The molecule has 1 aromatic rings. The van der Waals surface area contributed by atoms with Crippen LogP contribution in [-0.4, -0.2) is 29.1 Å². The van der Waals surface area contributed by atoms with Gasteiger partial charge in [-0.1, -0.05) is 15.9 Å². The molecule has 1 unspecified atom stereocenters. The number of hydrogen-bond donors (Lipinski definition) is 1. The van der Waals surface area contributed by atoms with Gasteiger partial charge in [0.25, 0.3) is 0 Å². The second kappa shape index (κ2) is 5.73. The molecule has 0 spiro atoms. The van der Waals surface area contributed by atoms with Gasteiger partial charge in [0, 0.05) is 17.6 Å². The first kappa shape index (κ1) is 15.3. The third-order valence-corrected chi connectivity index (χ3v) is 3.77. The van der Waals surface area contributed by atoms with Crippen LogP contribution >= 0.6 is 15.9 Å². The molecule has 0 amide bonds. The van der Waals surface area contributed by atoms with E-state index in [4.69, 9.17) is 5.11 Å². The fraction of sp³-hybridized carbons (Fsp3) is 0.462. The third-order valence-electron chi connectivity index (χ3n) is 3.31. The summed E-state index contributed by atoms with van der Waals surface area (Å²) < 4.78 is 38.5. The number of halogens is 4. The van der Waals surface area contributed by atoms with Crippen LogP contribution in [0.5, 0.6) is 0 Å². The Kier molecular flexibility index (Phi) is 4.39. The minimum Gasteiger partial charge on any atom is -0.481 e. The molecule has 1 aliphatic rings. The Hall–Kier alpha value is -1.08. The van der Waals surface area contributed by atoms with E-state index in [-0.39, 0.29) is 0 Å². The summed E-state index contributed by atoms with van der Waals surface area (Å²) in [4.78, 5) is 12.7. The lowest BCUT2D eigenvalue weighted by atomic mass is 10.1. The average molecular weight is 352 g/mol. The number of nitrogens with zero attached hydrogens (tertiary/aromatic N) is 1. The Morgan fingerprint density at radius 3 is 2.65 bits per heavy atom. The van der Waals surface area contributed by atoms with Crippen LogP contribution in [0.1, 0.15) is 17.5 Å². The number of carboxylic acids is 1. The van der Waals surface area contributed by atoms with Crippen molar-refractivity contribution in [2.75, 3.05) is 13.1 Å². The number of alkyl halides is 3. The van der Waals surface area contributed by atoms with E-state index in [9.17, 15) is 18.0 Å². The number of benzene rings is 1. The number of rotatable bonds is 3. The van der Waals surface area contributed by atoms with E-state index in [1.54, 1.807) is 6.07 Å². The standard InChI is InChI=1S/C13H13BrF3NO2/c14-11-4-8(3-10(5-11)13(15,16)17)6-18-2-1-9(7-18)12(19)20/h3-5,9H,1-2,6-7H2,(H,19,20). The molecule has 0 aliphatic carbocycles. The first-order chi connectivity index (χ1) is 9.25. The van der Waals surface area contributed by atoms with Crippen molar-refractivity contribution in [2.45, 2.75) is 19.1 Å². The first-order valence-electron chi connectivity index (χ1n) is 6.07. The topological polar surface area (TPSA) is 40.5 Å². The molecule has 3 nitrogen and oxygen atoms in total. The molecule has 2 rings (SSSR count).